The summed E-state index contributed by atoms with van der Waals surface area (Å²) in [4.78, 5) is 38.1. The summed E-state index contributed by atoms with van der Waals surface area (Å²) in [7, 11) is 0. The largest absolute Gasteiger partial charge is 0.325 e. The average Bonchev–Trinajstić information content (AvgIpc) is 2.82. The molecule has 134 valence electrons. The van der Waals surface area contributed by atoms with Crippen molar-refractivity contribution in [3.8, 4) is 0 Å². The molecule has 2 aromatic rings. The third-order valence-electron chi connectivity index (χ3n) is 4.12. The Balaban J connectivity index is 1.56. The molecule has 0 saturated heterocycles. The van der Waals surface area contributed by atoms with Crippen LogP contribution in [0.15, 0.2) is 45.3 Å². The first-order chi connectivity index (χ1) is 12.4. The summed E-state index contributed by atoms with van der Waals surface area (Å²) in [5.41, 5.74) is 2.49. The standard InChI is InChI=1S/C19H16Br2N2O3/c1-11-4-6-13-14(9-11)19(26)23(18(13)25)8-2-3-17(24)22-16-7-5-12(20)10-15(16)21/h4-7,9-10H,2-3,8H2,1H3,(H,22,24). The molecule has 7 heteroatoms. The molecule has 0 saturated carbocycles. The number of carbonyl (C=O) groups is 3. The van der Waals surface area contributed by atoms with Crippen molar-refractivity contribution >= 4 is 55.3 Å². The number of aryl methyl sites for hydroxylation is 1. The average molecular weight is 480 g/mol. The summed E-state index contributed by atoms with van der Waals surface area (Å²) in [6.45, 7) is 2.10. The molecule has 5 nitrogen and oxygen atoms in total. The first-order valence-electron chi connectivity index (χ1n) is 8.08. The number of anilines is 1. The van der Waals surface area contributed by atoms with E-state index in [0.29, 0.717) is 23.2 Å². The van der Waals surface area contributed by atoms with Crippen LogP contribution in [0, 0.1) is 6.92 Å². The van der Waals surface area contributed by atoms with E-state index in [0.717, 1.165) is 14.5 Å². The van der Waals surface area contributed by atoms with Gasteiger partial charge in [-0.2, -0.15) is 0 Å². The first kappa shape index (κ1) is 18.8. The Morgan fingerprint density at radius 1 is 1.04 bits per heavy atom. The molecule has 0 bridgehead atoms. The molecule has 0 radical (unpaired) electrons. The van der Waals surface area contributed by atoms with Gasteiger partial charge >= 0.3 is 0 Å². The summed E-state index contributed by atoms with van der Waals surface area (Å²) in [5.74, 6) is -0.744. The molecule has 0 aliphatic carbocycles. The van der Waals surface area contributed by atoms with E-state index in [2.05, 4.69) is 37.2 Å². The number of amides is 3. The summed E-state index contributed by atoms with van der Waals surface area (Å²) in [5, 5.41) is 2.81. The van der Waals surface area contributed by atoms with E-state index in [4.69, 9.17) is 0 Å². The van der Waals surface area contributed by atoms with Crippen LogP contribution < -0.4 is 5.32 Å². The Morgan fingerprint density at radius 3 is 2.50 bits per heavy atom. The predicted molar refractivity (Wildman–Crippen MR) is 106 cm³/mol. The van der Waals surface area contributed by atoms with E-state index in [1.54, 1.807) is 18.2 Å². The van der Waals surface area contributed by atoms with Crippen molar-refractivity contribution in [1.29, 1.82) is 0 Å². The van der Waals surface area contributed by atoms with Gasteiger partial charge in [0.15, 0.2) is 0 Å². The van der Waals surface area contributed by atoms with Crippen LogP contribution in [-0.2, 0) is 4.79 Å². The zero-order chi connectivity index (χ0) is 18.8. The van der Waals surface area contributed by atoms with Gasteiger partial charge in [0.1, 0.15) is 0 Å². The summed E-state index contributed by atoms with van der Waals surface area (Å²) in [6, 6.07) is 10.7. The lowest BCUT2D eigenvalue weighted by Gasteiger charge is -2.13. The minimum atomic E-state index is -0.291. The minimum absolute atomic E-state index is 0.166. The van der Waals surface area contributed by atoms with E-state index in [9.17, 15) is 14.4 Å². The highest BCUT2D eigenvalue weighted by atomic mass is 79.9. The molecular formula is C19H16Br2N2O3. The van der Waals surface area contributed by atoms with E-state index in [1.165, 1.54) is 4.90 Å². The van der Waals surface area contributed by atoms with E-state index in [1.807, 2.05) is 25.1 Å². The molecule has 0 unspecified atom stereocenters. The van der Waals surface area contributed by atoms with Gasteiger partial charge in [0, 0.05) is 21.9 Å². The molecule has 1 aliphatic heterocycles. The van der Waals surface area contributed by atoms with Crippen LogP contribution in [0.3, 0.4) is 0 Å². The van der Waals surface area contributed by atoms with Gasteiger partial charge in [-0.25, -0.2) is 0 Å². The Kier molecular flexibility index (Phi) is 5.58. The van der Waals surface area contributed by atoms with Gasteiger partial charge in [-0.1, -0.05) is 27.6 Å². The quantitative estimate of drug-likeness (QED) is 0.640. The molecule has 3 amide bonds. The molecule has 1 N–H and O–H groups in total. The van der Waals surface area contributed by atoms with Crippen molar-refractivity contribution in [1.82, 2.24) is 4.90 Å². The number of nitrogens with one attached hydrogen (secondary N) is 1. The number of halogens is 2. The number of rotatable bonds is 5. The van der Waals surface area contributed by atoms with Crippen molar-refractivity contribution in [2.45, 2.75) is 19.8 Å². The highest BCUT2D eigenvalue weighted by molar-refractivity contribution is 9.11. The summed E-state index contributed by atoms with van der Waals surface area (Å²) >= 11 is 6.75. The molecule has 3 rings (SSSR count). The Labute approximate surface area is 168 Å². The van der Waals surface area contributed by atoms with E-state index < -0.39 is 0 Å². The SMILES string of the molecule is Cc1ccc2c(c1)C(=O)N(CCCC(=O)Nc1ccc(Br)cc1Br)C2=O. The number of benzene rings is 2. The molecule has 2 aromatic carbocycles. The zero-order valence-electron chi connectivity index (χ0n) is 14.0. The summed E-state index contributed by atoms with van der Waals surface area (Å²) in [6.07, 6.45) is 0.624. The Morgan fingerprint density at radius 2 is 1.77 bits per heavy atom. The van der Waals surface area contributed by atoms with Crippen molar-refractivity contribution in [3.05, 3.63) is 62.0 Å². The number of nitrogens with zero attached hydrogens (tertiary/aromatic N) is 1. The summed E-state index contributed by atoms with van der Waals surface area (Å²) < 4.78 is 1.68. The van der Waals surface area contributed by atoms with Gasteiger partial charge in [-0.15, -0.1) is 0 Å². The second-order valence-electron chi connectivity index (χ2n) is 6.09. The fraction of sp³-hybridized carbons (Fsp3) is 0.211. The Bertz CT molecular complexity index is 912. The number of fused-ring (bicyclic) bond motifs is 1. The predicted octanol–water partition coefficient (Wildman–Crippen LogP) is 4.53. The monoisotopic (exact) mass is 478 g/mol. The van der Waals surface area contributed by atoms with Crippen LogP contribution in [0.2, 0.25) is 0 Å². The van der Waals surface area contributed by atoms with E-state index in [-0.39, 0.29) is 30.7 Å². The van der Waals surface area contributed by atoms with E-state index >= 15 is 0 Å². The first-order valence-corrected chi connectivity index (χ1v) is 9.67. The van der Waals surface area contributed by atoms with Gasteiger partial charge in [-0.05, 0) is 59.6 Å². The zero-order valence-corrected chi connectivity index (χ0v) is 17.2. The van der Waals surface area contributed by atoms with Crippen molar-refractivity contribution in [3.63, 3.8) is 0 Å². The number of imide groups is 1. The van der Waals surface area contributed by atoms with Gasteiger partial charge in [-0.3, -0.25) is 19.3 Å². The second-order valence-corrected chi connectivity index (χ2v) is 7.86. The molecule has 0 atom stereocenters. The fourth-order valence-corrected chi connectivity index (χ4v) is 3.96. The molecule has 26 heavy (non-hydrogen) atoms. The van der Waals surface area contributed by atoms with Crippen LogP contribution in [-0.4, -0.2) is 29.2 Å². The topological polar surface area (TPSA) is 66.5 Å². The number of hydrogen-bond acceptors (Lipinski definition) is 3. The molecule has 0 aromatic heterocycles. The van der Waals surface area contributed by atoms with Crippen molar-refractivity contribution < 1.29 is 14.4 Å². The number of carbonyl (C=O) groups excluding carboxylic acids is 3. The molecule has 1 aliphatic rings. The highest BCUT2D eigenvalue weighted by Crippen LogP contribution is 2.27. The van der Waals surface area contributed by atoms with Gasteiger partial charge < -0.3 is 5.32 Å². The maximum Gasteiger partial charge on any atom is 0.261 e. The van der Waals surface area contributed by atoms with Gasteiger partial charge in [0.05, 0.1) is 16.8 Å². The third-order valence-corrected chi connectivity index (χ3v) is 5.27. The fourth-order valence-electron chi connectivity index (χ4n) is 2.81. The normalized spacial score (nSPS) is 13.1. The lowest BCUT2D eigenvalue weighted by atomic mass is 10.1. The third kappa shape index (κ3) is 3.88. The van der Waals surface area contributed by atoms with Crippen LogP contribution in [0.25, 0.3) is 0 Å². The smallest absolute Gasteiger partial charge is 0.261 e. The van der Waals surface area contributed by atoms with Crippen LogP contribution >= 0.6 is 31.9 Å². The molecular weight excluding hydrogens is 464 g/mol. The highest BCUT2D eigenvalue weighted by Gasteiger charge is 2.34. The number of hydrogen-bond donors (Lipinski definition) is 1. The second kappa shape index (κ2) is 7.72. The van der Waals surface area contributed by atoms with Crippen molar-refractivity contribution in [2.75, 3.05) is 11.9 Å². The molecule has 1 heterocycles. The molecule has 0 spiro atoms. The van der Waals surface area contributed by atoms with Gasteiger partial charge in [0.25, 0.3) is 11.8 Å². The van der Waals surface area contributed by atoms with Crippen LogP contribution in [0.4, 0.5) is 5.69 Å². The van der Waals surface area contributed by atoms with Crippen molar-refractivity contribution in [2.24, 2.45) is 0 Å². The molecule has 0 fully saturated rings. The lowest BCUT2D eigenvalue weighted by Crippen LogP contribution is -2.31. The van der Waals surface area contributed by atoms with Gasteiger partial charge in [0.2, 0.25) is 5.91 Å². The minimum Gasteiger partial charge on any atom is -0.325 e. The van der Waals surface area contributed by atoms with Crippen LogP contribution in [0.1, 0.15) is 39.1 Å². The maximum absolute atomic E-state index is 12.4. The Hall–Kier alpha value is -1.99. The maximum atomic E-state index is 12.4. The van der Waals surface area contributed by atoms with Crippen LogP contribution in [0.5, 0.6) is 0 Å². The lowest BCUT2D eigenvalue weighted by molar-refractivity contribution is -0.116.